The van der Waals surface area contributed by atoms with Crippen molar-refractivity contribution in [2.75, 3.05) is 5.73 Å². The highest BCUT2D eigenvalue weighted by Crippen LogP contribution is 2.18. The molecule has 0 aliphatic heterocycles. The Bertz CT molecular complexity index is 715. The maximum Gasteiger partial charge on any atom is 0.242 e. The number of benzene rings is 1. The van der Waals surface area contributed by atoms with Gasteiger partial charge in [-0.1, -0.05) is 0 Å². The van der Waals surface area contributed by atoms with Crippen molar-refractivity contribution in [1.29, 1.82) is 5.26 Å². The Hall–Kier alpha value is -2.30. The third-order valence-electron chi connectivity index (χ3n) is 2.46. The molecular formula is C12H11N3O3S. The fraction of sp³-hybridized carbons (Fsp3) is 0.0833. The minimum absolute atomic E-state index is 0.0136. The molecule has 2 rings (SSSR count). The van der Waals surface area contributed by atoms with E-state index in [1.165, 1.54) is 30.7 Å². The molecule has 0 unspecified atom stereocenters. The number of nitrogens with two attached hydrogens (primary N) is 1. The Balaban J connectivity index is 2.27. The van der Waals surface area contributed by atoms with Crippen molar-refractivity contribution >= 4 is 15.7 Å². The van der Waals surface area contributed by atoms with E-state index in [-0.39, 0.29) is 17.0 Å². The molecule has 0 fully saturated rings. The summed E-state index contributed by atoms with van der Waals surface area (Å²) in [7, 11) is -3.77. The van der Waals surface area contributed by atoms with Crippen LogP contribution in [0.1, 0.15) is 11.1 Å². The fourth-order valence-electron chi connectivity index (χ4n) is 1.52. The van der Waals surface area contributed by atoms with Crippen LogP contribution in [0.4, 0.5) is 5.69 Å². The Labute approximate surface area is 110 Å². The predicted molar refractivity (Wildman–Crippen MR) is 68.3 cm³/mol. The lowest BCUT2D eigenvalue weighted by Crippen LogP contribution is -2.23. The number of hydrogen-bond acceptors (Lipinski definition) is 5. The Morgan fingerprint density at radius 2 is 2.16 bits per heavy atom. The molecule has 98 valence electrons. The van der Waals surface area contributed by atoms with E-state index in [1.807, 2.05) is 6.07 Å². The van der Waals surface area contributed by atoms with E-state index in [0.717, 1.165) is 0 Å². The standard InChI is InChI=1S/C12H11N3O3S/c13-6-10-5-11(14)1-2-12(10)19(16,17)15-7-9-3-4-18-8-9/h1-5,8,15H,7,14H2. The van der Waals surface area contributed by atoms with Gasteiger partial charge in [0, 0.05) is 17.8 Å². The zero-order chi connectivity index (χ0) is 13.9. The van der Waals surface area contributed by atoms with Crippen LogP contribution in [0.2, 0.25) is 0 Å². The maximum atomic E-state index is 12.1. The van der Waals surface area contributed by atoms with E-state index in [0.29, 0.717) is 11.3 Å². The molecule has 1 heterocycles. The molecule has 19 heavy (non-hydrogen) atoms. The van der Waals surface area contributed by atoms with Gasteiger partial charge in [0.25, 0.3) is 0 Å². The molecule has 0 aliphatic carbocycles. The van der Waals surface area contributed by atoms with Gasteiger partial charge in [0.2, 0.25) is 10.0 Å². The number of rotatable bonds is 4. The monoisotopic (exact) mass is 277 g/mol. The third-order valence-corrected chi connectivity index (χ3v) is 3.92. The van der Waals surface area contributed by atoms with Gasteiger partial charge in [0.05, 0.1) is 23.0 Å². The smallest absolute Gasteiger partial charge is 0.242 e. The minimum Gasteiger partial charge on any atom is -0.472 e. The normalized spacial score (nSPS) is 11.1. The van der Waals surface area contributed by atoms with Gasteiger partial charge in [-0.3, -0.25) is 0 Å². The summed E-state index contributed by atoms with van der Waals surface area (Å²) in [5.41, 5.74) is 6.56. The maximum absolute atomic E-state index is 12.1. The summed E-state index contributed by atoms with van der Waals surface area (Å²) in [6, 6.07) is 7.54. The minimum atomic E-state index is -3.77. The lowest BCUT2D eigenvalue weighted by atomic mass is 10.2. The second kappa shape index (κ2) is 5.14. The number of sulfonamides is 1. The predicted octanol–water partition coefficient (Wildman–Crippen LogP) is 1.21. The average Bonchev–Trinajstić information content (AvgIpc) is 2.89. The zero-order valence-corrected chi connectivity index (χ0v) is 10.6. The Morgan fingerprint density at radius 3 is 2.79 bits per heavy atom. The fourth-order valence-corrected chi connectivity index (χ4v) is 2.67. The van der Waals surface area contributed by atoms with E-state index in [4.69, 9.17) is 15.4 Å². The van der Waals surface area contributed by atoms with Crippen molar-refractivity contribution in [1.82, 2.24) is 4.72 Å². The van der Waals surface area contributed by atoms with Gasteiger partial charge in [0.15, 0.2) is 0 Å². The molecule has 1 aromatic carbocycles. The first-order valence-corrected chi connectivity index (χ1v) is 6.81. The van der Waals surface area contributed by atoms with Crippen LogP contribution in [-0.2, 0) is 16.6 Å². The van der Waals surface area contributed by atoms with E-state index >= 15 is 0 Å². The van der Waals surface area contributed by atoms with Gasteiger partial charge in [-0.2, -0.15) is 5.26 Å². The van der Waals surface area contributed by atoms with E-state index < -0.39 is 10.0 Å². The molecule has 0 saturated carbocycles. The summed E-state index contributed by atoms with van der Waals surface area (Å²) in [6.45, 7) is 0.0913. The third kappa shape index (κ3) is 2.93. The van der Waals surface area contributed by atoms with Gasteiger partial charge in [-0.15, -0.1) is 0 Å². The van der Waals surface area contributed by atoms with Gasteiger partial charge in [-0.25, -0.2) is 13.1 Å². The number of furan rings is 1. The summed E-state index contributed by atoms with van der Waals surface area (Å²) < 4.78 is 31.4. The van der Waals surface area contributed by atoms with Crippen molar-refractivity contribution in [2.24, 2.45) is 0 Å². The number of nitrogen functional groups attached to an aromatic ring is 1. The summed E-state index contributed by atoms with van der Waals surface area (Å²) in [6.07, 6.45) is 2.89. The second-order valence-corrected chi connectivity index (χ2v) is 5.56. The Kier molecular flexibility index (Phi) is 3.55. The highest BCUT2D eigenvalue weighted by molar-refractivity contribution is 7.89. The van der Waals surface area contributed by atoms with Crippen molar-refractivity contribution in [3.8, 4) is 6.07 Å². The molecule has 0 radical (unpaired) electrons. The average molecular weight is 277 g/mol. The van der Waals surface area contributed by atoms with Crippen LogP contribution < -0.4 is 10.5 Å². The summed E-state index contributed by atoms with van der Waals surface area (Å²) >= 11 is 0. The van der Waals surface area contributed by atoms with Crippen LogP contribution in [0.5, 0.6) is 0 Å². The van der Waals surface area contributed by atoms with E-state index in [2.05, 4.69) is 4.72 Å². The molecule has 6 nitrogen and oxygen atoms in total. The summed E-state index contributed by atoms with van der Waals surface area (Å²) in [4.78, 5) is -0.0901. The van der Waals surface area contributed by atoms with Crippen molar-refractivity contribution in [2.45, 2.75) is 11.4 Å². The SMILES string of the molecule is N#Cc1cc(N)ccc1S(=O)(=O)NCc1ccoc1. The Morgan fingerprint density at radius 1 is 1.37 bits per heavy atom. The number of nitrogens with one attached hydrogen (secondary N) is 1. The second-order valence-electron chi connectivity index (χ2n) is 3.82. The van der Waals surface area contributed by atoms with Crippen LogP contribution in [0.3, 0.4) is 0 Å². The molecular weight excluding hydrogens is 266 g/mol. The van der Waals surface area contributed by atoms with Gasteiger partial charge in [0.1, 0.15) is 6.07 Å². The lowest BCUT2D eigenvalue weighted by Gasteiger charge is -2.07. The number of nitrogens with zero attached hydrogens (tertiary/aromatic N) is 1. The lowest BCUT2D eigenvalue weighted by molar-refractivity contribution is 0.561. The molecule has 7 heteroatoms. The summed E-state index contributed by atoms with van der Waals surface area (Å²) in [5.74, 6) is 0. The zero-order valence-electron chi connectivity index (χ0n) is 9.83. The van der Waals surface area contributed by atoms with Gasteiger partial charge < -0.3 is 10.2 Å². The van der Waals surface area contributed by atoms with Crippen LogP contribution in [0, 0.1) is 11.3 Å². The quantitative estimate of drug-likeness (QED) is 0.816. The molecule has 0 bridgehead atoms. The molecule has 0 saturated heterocycles. The number of hydrogen-bond donors (Lipinski definition) is 2. The number of anilines is 1. The van der Waals surface area contributed by atoms with Crippen LogP contribution in [0.25, 0.3) is 0 Å². The molecule has 2 aromatic rings. The van der Waals surface area contributed by atoms with Gasteiger partial charge >= 0.3 is 0 Å². The molecule has 0 atom stereocenters. The summed E-state index contributed by atoms with van der Waals surface area (Å²) in [5, 5.41) is 8.95. The van der Waals surface area contributed by atoms with Crippen LogP contribution >= 0.6 is 0 Å². The number of nitriles is 1. The van der Waals surface area contributed by atoms with E-state index in [9.17, 15) is 8.42 Å². The molecule has 0 aliphatic rings. The van der Waals surface area contributed by atoms with Crippen molar-refractivity contribution < 1.29 is 12.8 Å². The molecule has 0 spiro atoms. The van der Waals surface area contributed by atoms with Crippen molar-refractivity contribution in [3.05, 3.63) is 47.9 Å². The first-order valence-electron chi connectivity index (χ1n) is 5.33. The van der Waals surface area contributed by atoms with Crippen molar-refractivity contribution in [3.63, 3.8) is 0 Å². The molecule has 1 aromatic heterocycles. The first kappa shape index (κ1) is 13.1. The molecule has 0 amide bonds. The molecule has 3 N–H and O–H groups in total. The largest absolute Gasteiger partial charge is 0.472 e. The topological polar surface area (TPSA) is 109 Å². The highest BCUT2D eigenvalue weighted by atomic mass is 32.2. The highest BCUT2D eigenvalue weighted by Gasteiger charge is 2.18. The van der Waals surface area contributed by atoms with E-state index in [1.54, 1.807) is 6.07 Å². The van der Waals surface area contributed by atoms with Crippen LogP contribution in [0.15, 0.2) is 46.1 Å². The van der Waals surface area contributed by atoms with Crippen LogP contribution in [-0.4, -0.2) is 8.42 Å². The first-order chi connectivity index (χ1) is 9.03. The van der Waals surface area contributed by atoms with Gasteiger partial charge in [-0.05, 0) is 24.3 Å².